The standard InChI is InChI=1S/C18H25N3O2.C8H9Br/c1-4-17(22)20(5-2)16-13-21(19-14(16)3)18(23)12-11-15-9-7-6-8-10-15;9-7-8-5-3-1-2-4-6-8/h6-10,16H,4-5,11-13H2,1-3H3;1-5H,6-7H2. The zero-order valence-corrected chi connectivity index (χ0v) is 20.9. The highest BCUT2D eigenvalue weighted by molar-refractivity contribution is 9.09. The van der Waals surface area contributed by atoms with E-state index in [4.69, 9.17) is 0 Å². The molecule has 2 aliphatic rings. The van der Waals surface area contributed by atoms with Crippen LogP contribution in [0.1, 0.15) is 45.6 Å². The first-order chi connectivity index (χ1) is 15.5. The van der Waals surface area contributed by atoms with Gasteiger partial charge in [0.05, 0.1) is 18.3 Å². The Labute approximate surface area is 200 Å². The van der Waals surface area contributed by atoms with Gasteiger partial charge in [0, 0.05) is 24.7 Å². The van der Waals surface area contributed by atoms with Crippen LogP contribution in [0.15, 0.2) is 71.4 Å². The van der Waals surface area contributed by atoms with Gasteiger partial charge in [-0.05, 0) is 32.3 Å². The number of carbonyl (C=O) groups is 2. The Bertz CT molecular complexity index is 874. The Kier molecular flexibility index (Phi) is 11.2. The summed E-state index contributed by atoms with van der Waals surface area (Å²) >= 11 is 3.41. The molecular formula is C26H34BrN3O2. The van der Waals surface area contributed by atoms with Crippen molar-refractivity contribution in [1.29, 1.82) is 0 Å². The van der Waals surface area contributed by atoms with Crippen molar-refractivity contribution in [2.24, 2.45) is 5.10 Å². The van der Waals surface area contributed by atoms with Gasteiger partial charge in [0.1, 0.15) is 0 Å². The van der Waals surface area contributed by atoms with Crippen molar-refractivity contribution in [1.82, 2.24) is 9.91 Å². The molecule has 0 spiro atoms. The number of halogens is 1. The van der Waals surface area contributed by atoms with Gasteiger partial charge in [0.2, 0.25) is 11.8 Å². The summed E-state index contributed by atoms with van der Waals surface area (Å²) in [4.78, 5) is 26.2. The second kappa shape index (κ2) is 13.8. The number of hydrogen-bond donors (Lipinski definition) is 0. The van der Waals surface area contributed by atoms with Gasteiger partial charge in [0.25, 0.3) is 0 Å². The zero-order chi connectivity index (χ0) is 23.3. The fourth-order valence-corrected chi connectivity index (χ4v) is 4.01. The quantitative estimate of drug-likeness (QED) is 0.478. The Morgan fingerprint density at radius 3 is 2.56 bits per heavy atom. The molecule has 0 N–H and O–H groups in total. The number of benzene rings is 1. The van der Waals surface area contributed by atoms with Crippen molar-refractivity contribution < 1.29 is 9.59 Å². The van der Waals surface area contributed by atoms with Crippen LogP contribution in [0.4, 0.5) is 0 Å². The molecule has 1 unspecified atom stereocenters. The average molecular weight is 500 g/mol. The molecular weight excluding hydrogens is 466 g/mol. The molecule has 5 nitrogen and oxygen atoms in total. The molecule has 0 bridgehead atoms. The van der Waals surface area contributed by atoms with E-state index in [0.717, 1.165) is 23.0 Å². The Balaban J connectivity index is 0.000000336. The van der Waals surface area contributed by atoms with Crippen LogP contribution >= 0.6 is 15.9 Å². The summed E-state index contributed by atoms with van der Waals surface area (Å²) in [6.45, 7) is 6.81. The number of hydrazone groups is 1. The van der Waals surface area contributed by atoms with Crippen molar-refractivity contribution in [3.63, 3.8) is 0 Å². The number of nitrogens with zero attached hydrogens (tertiary/aromatic N) is 3. The highest BCUT2D eigenvalue weighted by Crippen LogP contribution is 2.16. The molecule has 1 aromatic carbocycles. The van der Waals surface area contributed by atoms with E-state index in [1.165, 1.54) is 10.6 Å². The number of rotatable bonds is 7. The average Bonchev–Trinajstić information content (AvgIpc) is 3.03. The SMILES string of the molecule is BrCC1=CC=CC=CC1.CCC(=O)N(CC)C1CN(C(=O)CCc2ccccc2)N=C1C. The number of allylic oxidation sites excluding steroid dienone is 6. The molecule has 2 amide bonds. The van der Waals surface area contributed by atoms with Crippen LogP contribution in [0.2, 0.25) is 0 Å². The smallest absolute Gasteiger partial charge is 0.243 e. The van der Waals surface area contributed by atoms with E-state index >= 15 is 0 Å². The Hall–Kier alpha value is -2.47. The van der Waals surface area contributed by atoms with Crippen LogP contribution in [0.3, 0.4) is 0 Å². The first-order valence-electron chi connectivity index (χ1n) is 11.3. The molecule has 0 saturated carbocycles. The minimum Gasteiger partial charge on any atom is -0.333 e. The maximum atomic E-state index is 12.4. The van der Waals surface area contributed by atoms with Crippen LogP contribution in [-0.2, 0) is 16.0 Å². The molecule has 3 rings (SSSR count). The highest BCUT2D eigenvalue weighted by atomic mass is 79.9. The van der Waals surface area contributed by atoms with E-state index in [-0.39, 0.29) is 17.9 Å². The van der Waals surface area contributed by atoms with Crippen molar-refractivity contribution >= 4 is 33.5 Å². The van der Waals surface area contributed by atoms with Crippen molar-refractivity contribution in [2.45, 2.75) is 52.5 Å². The Morgan fingerprint density at radius 1 is 1.16 bits per heavy atom. The first-order valence-corrected chi connectivity index (χ1v) is 12.4. The molecule has 0 aromatic heterocycles. The summed E-state index contributed by atoms with van der Waals surface area (Å²) < 4.78 is 0. The second-order valence-electron chi connectivity index (χ2n) is 7.73. The first kappa shape index (κ1) is 25.8. The Morgan fingerprint density at radius 2 is 1.91 bits per heavy atom. The molecule has 32 heavy (non-hydrogen) atoms. The molecule has 0 fully saturated rings. The lowest BCUT2D eigenvalue weighted by molar-refractivity contribution is -0.135. The van der Waals surface area contributed by atoms with Gasteiger partial charge in [-0.25, -0.2) is 5.01 Å². The van der Waals surface area contributed by atoms with Gasteiger partial charge in [-0.3, -0.25) is 9.59 Å². The third kappa shape index (κ3) is 7.90. The second-order valence-corrected chi connectivity index (χ2v) is 8.29. The molecule has 1 aromatic rings. The summed E-state index contributed by atoms with van der Waals surface area (Å²) in [6, 6.07) is 9.87. The van der Waals surface area contributed by atoms with E-state index in [1.54, 1.807) is 0 Å². The van der Waals surface area contributed by atoms with Crippen molar-refractivity contribution in [2.75, 3.05) is 18.4 Å². The van der Waals surface area contributed by atoms with Gasteiger partial charge in [-0.15, -0.1) is 0 Å². The third-order valence-corrected chi connectivity index (χ3v) is 6.17. The van der Waals surface area contributed by atoms with E-state index < -0.39 is 0 Å². The summed E-state index contributed by atoms with van der Waals surface area (Å²) in [5.41, 5.74) is 3.41. The number of aryl methyl sites for hydroxylation is 1. The maximum Gasteiger partial charge on any atom is 0.243 e. The lowest BCUT2D eigenvalue weighted by Crippen LogP contribution is -2.46. The normalized spacial score (nSPS) is 17.1. The molecule has 1 atom stereocenters. The summed E-state index contributed by atoms with van der Waals surface area (Å²) in [5, 5.41) is 6.88. The lowest BCUT2D eigenvalue weighted by Gasteiger charge is -2.27. The van der Waals surface area contributed by atoms with Crippen LogP contribution in [0.5, 0.6) is 0 Å². The van der Waals surface area contributed by atoms with Gasteiger partial charge >= 0.3 is 0 Å². The predicted octanol–water partition coefficient (Wildman–Crippen LogP) is 5.29. The van der Waals surface area contributed by atoms with E-state index in [1.807, 2.05) is 56.0 Å². The fourth-order valence-electron chi connectivity index (χ4n) is 3.60. The maximum absolute atomic E-state index is 12.4. The molecule has 1 heterocycles. The van der Waals surface area contributed by atoms with E-state index in [2.05, 4.69) is 51.4 Å². The highest BCUT2D eigenvalue weighted by Gasteiger charge is 2.33. The van der Waals surface area contributed by atoms with Crippen molar-refractivity contribution in [3.8, 4) is 0 Å². The van der Waals surface area contributed by atoms with Crippen molar-refractivity contribution in [3.05, 3.63) is 71.8 Å². The molecule has 172 valence electrons. The van der Waals surface area contributed by atoms with Crippen LogP contribution in [0, 0.1) is 0 Å². The minimum atomic E-state index is -0.0897. The number of amides is 2. The third-order valence-electron chi connectivity index (χ3n) is 5.45. The van der Waals surface area contributed by atoms with Crippen LogP contribution < -0.4 is 0 Å². The summed E-state index contributed by atoms with van der Waals surface area (Å²) in [6.07, 6.45) is 13.2. The van der Waals surface area contributed by atoms with Crippen LogP contribution in [0.25, 0.3) is 0 Å². The van der Waals surface area contributed by atoms with Gasteiger partial charge in [0.15, 0.2) is 0 Å². The number of carbonyl (C=O) groups excluding carboxylic acids is 2. The minimum absolute atomic E-state index is 0.00991. The van der Waals surface area contributed by atoms with Crippen LogP contribution in [-0.4, -0.2) is 51.9 Å². The molecule has 1 aliphatic carbocycles. The molecule has 0 saturated heterocycles. The fraction of sp³-hybridized carbons (Fsp3) is 0.423. The van der Waals surface area contributed by atoms with E-state index in [0.29, 0.717) is 32.4 Å². The monoisotopic (exact) mass is 499 g/mol. The summed E-state index contributed by atoms with van der Waals surface area (Å²) in [5.74, 6) is 0.112. The zero-order valence-electron chi connectivity index (χ0n) is 19.3. The molecule has 1 aliphatic heterocycles. The number of alkyl halides is 1. The molecule has 6 heteroatoms. The topological polar surface area (TPSA) is 53.0 Å². The largest absolute Gasteiger partial charge is 0.333 e. The summed E-state index contributed by atoms with van der Waals surface area (Å²) in [7, 11) is 0. The lowest BCUT2D eigenvalue weighted by atomic mass is 10.1. The predicted molar refractivity (Wildman–Crippen MR) is 136 cm³/mol. The number of hydrogen-bond acceptors (Lipinski definition) is 3. The number of likely N-dealkylation sites (N-methyl/N-ethyl adjacent to an activating group) is 1. The van der Waals surface area contributed by atoms with Gasteiger partial charge in [-0.2, -0.15) is 5.10 Å². The van der Waals surface area contributed by atoms with Gasteiger partial charge < -0.3 is 4.90 Å². The van der Waals surface area contributed by atoms with Gasteiger partial charge in [-0.1, -0.05) is 89.1 Å². The van der Waals surface area contributed by atoms with E-state index in [9.17, 15) is 9.59 Å². The molecule has 0 radical (unpaired) electrons.